The Kier molecular flexibility index (Phi) is 5.74. The molecule has 0 fully saturated rings. The number of pyridine rings is 1. The van der Waals surface area contributed by atoms with Crippen LogP contribution in [0.15, 0.2) is 46.9 Å². The highest BCUT2D eigenvalue weighted by molar-refractivity contribution is 9.10. The van der Waals surface area contributed by atoms with Crippen LogP contribution in [0.1, 0.15) is 36.3 Å². The third-order valence-corrected chi connectivity index (χ3v) is 3.73. The lowest BCUT2D eigenvalue weighted by Crippen LogP contribution is -2.25. The highest BCUT2D eigenvalue weighted by atomic mass is 79.9. The lowest BCUT2D eigenvalue weighted by Gasteiger charge is -2.19. The molecule has 20 heavy (non-hydrogen) atoms. The molecule has 0 aliphatic heterocycles. The molecular weight excluding hydrogens is 312 g/mol. The van der Waals surface area contributed by atoms with Gasteiger partial charge in [-0.3, -0.25) is 4.98 Å². The van der Waals surface area contributed by atoms with Crippen molar-refractivity contribution < 1.29 is 0 Å². The summed E-state index contributed by atoms with van der Waals surface area (Å²) in [6.45, 7) is 5.24. The molecule has 0 bridgehead atoms. The van der Waals surface area contributed by atoms with Crippen molar-refractivity contribution in [2.45, 2.75) is 32.7 Å². The number of hydrogen-bond acceptors (Lipinski definition) is 2. The van der Waals surface area contributed by atoms with E-state index in [4.69, 9.17) is 0 Å². The van der Waals surface area contributed by atoms with Gasteiger partial charge in [-0.2, -0.15) is 0 Å². The molecular formula is C17H21BrN2. The Bertz CT molecular complexity index is 554. The van der Waals surface area contributed by atoms with Crippen LogP contribution >= 0.6 is 15.9 Å². The zero-order valence-electron chi connectivity index (χ0n) is 12.1. The molecule has 0 saturated carbocycles. The molecule has 1 heterocycles. The van der Waals surface area contributed by atoms with Gasteiger partial charge in [0.05, 0.1) is 11.7 Å². The Morgan fingerprint density at radius 3 is 2.70 bits per heavy atom. The van der Waals surface area contributed by atoms with Crippen molar-refractivity contribution in [3.63, 3.8) is 0 Å². The second kappa shape index (κ2) is 7.55. The number of nitrogens with zero attached hydrogens (tertiary/aromatic N) is 1. The van der Waals surface area contributed by atoms with Crippen molar-refractivity contribution in [2.75, 3.05) is 6.54 Å². The SMILES string of the molecule is CCCNC(Cc1cccc(Br)c1)c1cccc(C)n1. The van der Waals surface area contributed by atoms with Crippen LogP contribution in [-0.4, -0.2) is 11.5 Å². The van der Waals surface area contributed by atoms with E-state index in [1.807, 2.05) is 13.0 Å². The maximum Gasteiger partial charge on any atom is 0.0579 e. The molecule has 0 aliphatic rings. The van der Waals surface area contributed by atoms with Crippen LogP contribution in [0.2, 0.25) is 0 Å². The molecule has 1 atom stereocenters. The number of aryl methyl sites for hydroxylation is 1. The molecule has 0 radical (unpaired) electrons. The highest BCUT2D eigenvalue weighted by Crippen LogP contribution is 2.20. The minimum atomic E-state index is 0.268. The predicted octanol–water partition coefficient (Wildman–Crippen LogP) is 4.44. The molecule has 1 aromatic carbocycles. The second-order valence-electron chi connectivity index (χ2n) is 5.04. The molecule has 0 amide bonds. The summed E-state index contributed by atoms with van der Waals surface area (Å²) in [5.41, 5.74) is 3.51. The van der Waals surface area contributed by atoms with Crippen LogP contribution in [0.4, 0.5) is 0 Å². The first kappa shape index (κ1) is 15.2. The quantitative estimate of drug-likeness (QED) is 0.846. The second-order valence-corrected chi connectivity index (χ2v) is 5.96. The lowest BCUT2D eigenvalue weighted by atomic mass is 10.0. The van der Waals surface area contributed by atoms with Gasteiger partial charge in [0, 0.05) is 10.2 Å². The summed E-state index contributed by atoms with van der Waals surface area (Å²) < 4.78 is 1.13. The van der Waals surface area contributed by atoms with Crippen molar-refractivity contribution in [3.05, 3.63) is 63.9 Å². The van der Waals surface area contributed by atoms with Crippen LogP contribution < -0.4 is 5.32 Å². The van der Waals surface area contributed by atoms with Gasteiger partial charge in [0.2, 0.25) is 0 Å². The van der Waals surface area contributed by atoms with Gasteiger partial charge in [0.25, 0.3) is 0 Å². The van der Waals surface area contributed by atoms with Gasteiger partial charge in [-0.15, -0.1) is 0 Å². The fourth-order valence-corrected chi connectivity index (χ4v) is 2.70. The fourth-order valence-electron chi connectivity index (χ4n) is 2.26. The van der Waals surface area contributed by atoms with Gasteiger partial charge >= 0.3 is 0 Å². The first-order chi connectivity index (χ1) is 9.69. The van der Waals surface area contributed by atoms with Gasteiger partial charge in [0.1, 0.15) is 0 Å². The molecule has 1 unspecified atom stereocenters. The van der Waals surface area contributed by atoms with Gasteiger partial charge < -0.3 is 5.32 Å². The van der Waals surface area contributed by atoms with Crippen LogP contribution in [-0.2, 0) is 6.42 Å². The number of nitrogens with one attached hydrogen (secondary N) is 1. The highest BCUT2D eigenvalue weighted by Gasteiger charge is 2.13. The Labute approximate surface area is 129 Å². The first-order valence-corrected chi connectivity index (χ1v) is 7.89. The maximum atomic E-state index is 4.67. The van der Waals surface area contributed by atoms with Crippen molar-refractivity contribution >= 4 is 15.9 Å². The molecule has 1 aromatic heterocycles. The molecule has 0 spiro atoms. The Balaban J connectivity index is 2.19. The Morgan fingerprint density at radius 2 is 2.00 bits per heavy atom. The average molecular weight is 333 g/mol. The van der Waals surface area contributed by atoms with Crippen LogP contribution in [0, 0.1) is 6.92 Å². The Morgan fingerprint density at radius 1 is 1.20 bits per heavy atom. The number of aromatic nitrogens is 1. The van der Waals surface area contributed by atoms with Crippen LogP contribution in [0.5, 0.6) is 0 Å². The first-order valence-electron chi connectivity index (χ1n) is 7.10. The van der Waals surface area contributed by atoms with Crippen LogP contribution in [0.3, 0.4) is 0 Å². The van der Waals surface area contributed by atoms with Crippen molar-refractivity contribution in [1.29, 1.82) is 0 Å². The van der Waals surface area contributed by atoms with Crippen molar-refractivity contribution in [3.8, 4) is 0 Å². The van der Waals surface area contributed by atoms with E-state index in [0.29, 0.717) is 0 Å². The number of halogens is 1. The normalized spacial score (nSPS) is 12.3. The average Bonchev–Trinajstić information content (AvgIpc) is 2.43. The van der Waals surface area contributed by atoms with E-state index in [1.54, 1.807) is 0 Å². The molecule has 2 aromatic rings. The smallest absolute Gasteiger partial charge is 0.0579 e. The molecule has 0 saturated heterocycles. The fraction of sp³-hybridized carbons (Fsp3) is 0.353. The van der Waals surface area contributed by atoms with Crippen molar-refractivity contribution in [2.24, 2.45) is 0 Å². The molecule has 2 rings (SSSR count). The summed E-state index contributed by atoms with van der Waals surface area (Å²) >= 11 is 3.54. The molecule has 106 valence electrons. The number of rotatable bonds is 6. The van der Waals surface area contributed by atoms with E-state index in [2.05, 4.69) is 69.6 Å². The summed E-state index contributed by atoms with van der Waals surface area (Å²) in [7, 11) is 0. The van der Waals surface area contributed by atoms with E-state index in [1.165, 1.54) is 5.56 Å². The topological polar surface area (TPSA) is 24.9 Å². The third kappa shape index (κ3) is 4.43. The minimum absolute atomic E-state index is 0.268. The summed E-state index contributed by atoms with van der Waals surface area (Å²) in [5.74, 6) is 0. The lowest BCUT2D eigenvalue weighted by molar-refractivity contribution is 0.517. The molecule has 1 N–H and O–H groups in total. The maximum absolute atomic E-state index is 4.67. The number of hydrogen-bond donors (Lipinski definition) is 1. The molecule has 2 nitrogen and oxygen atoms in total. The van der Waals surface area contributed by atoms with Gasteiger partial charge in [-0.05, 0) is 56.1 Å². The largest absolute Gasteiger partial charge is 0.308 e. The van der Waals surface area contributed by atoms with Gasteiger partial charge in [0.15, 0.2) is 0 Å². The standard InChI is InChI=1S/C17H21BrN2/c1-3-10-19-17(16-9-4-6-13(2)20-16)12-14-7-5-8-15(18)11-14/h4-9,11,17,19H,3,10,12H2,1-2H3. The van der Waals surface area contributed by atoms with E-state index in [0.717, 1.165) is 35.2 Å². The van der Waals surface area contributed by atoms with Crippen molar-refractivity contribution in [1.82, 2.24) is 10.3 Å². The zero-order chi connectivity index (χ0) is 14.4. The summed E-state index contributed by atoms with van der Waals surface area (Å²) in [6, 6.07) is 15.0. The van der Waals surface area contributed by atoms with E-state index in [-0.39, 0.29) is 6.04 Å². The third-order valence-electron chi connectivity index (χ3n) is 3.24. The number of benzene rings is 1. The van der Waals surface area contributed by atoms with E-state index in [9.17, 15) is 0 Å². The molecule has 0 aliphatic carbocycles. The van der Waals surface area contributed by atoms with Gasteiger partial charge in [-0.1, -0.05) is 41.1 Å². The van der Waals surface area contributed by atoms with Crippen LogP contribution in [0.25, 0.3) is 0 Å². The summed E-state index contributed by atoms with van der Waals surface area (Å²) in [5, 5.41) is 3.60. The van der Waals surface area contributed by atoms with E-state index >= 15 is 0 Å². The molecule has 3 heteroatoms. The zero-order valence-corrected chi connectivity index (χ0v) is 13.7. The minimum Gasteiger partial charge on any atom is -0.308 e. The summed E-state index contributed by atoms with van der Waals surface area (Å²) in [4.78, 5) is 4.67. The van der Waals surface area contributed by atoms with Gasteiger partial charge in [-0.25, -0.2) is 0 Å². The van der Waals surface area contributed by atoms with E-state index < -0.39 is 0 Å². The monoisotopic (exact) mass is 332 g/mol. The summed E-state index contributed by atoms with van der Waals surface area (Å²) in [6.07, 6.45) is 2.08. The Hall–Kier alpha value is -1.19. The predicted molar refractivity (Wildman–Crippen MR) is 87.9 cm³/mol.